The lowest BCUT2D eigenvalue weighted by molar-refractivity contribution is 1.30. The van der Waals surface area contributed by atoms with Gasteiger partial charge in [-0.2, -0.15) is 0 Å². The van der Waals surface area contributed by atoms with Crippen LogP contribution in [0.1, 0.15) is 11.1 Å². The van der Waals surface area contributed by atoms with Gasteiger partial charge in [0.05, 0.1) is 5.52 Å². The second-order valence-electron chi connectivity index (χ2n) is 6.76. The van der Waals surface area contributed by atoms with Gasteiger partial charge < -0.3 is 9.97 Å². The Morgan fingerprint density at radius 1 is 0.926 bits per heavy atom. The third-order valence-corrected chi connectivity index (χ3v) is 5.70. The minimum Gasteiger partial charge on any atom is -0.346 e. The summed E-state index contributed by atoms with van der Waals surface area (Å²) in [6.45, 7) is 4.23. The van der Waals surface area contributed by atoms with Gasteiger partial charge in [-0.3, -0.25) is 0 Å². The number of nitrogens with zero attached hydrogens (tertiary/aromatic N) is 2. The van der Waals surface area contributed by atoms with Gasteiger partial charge in [0.2, 0.25) is 0 Å². The Balaban J connectivity index is 1.65. The molecule has 5 aromatic rings. The maximum Gasteiger partial charge on any atom is 0.139 e. The molecule has 3 aromatic heterocycles. The first-order valence-electron chi connectivity index (χ1n) is 8.85. The largest absolute Gasteiger partial charge is 0.346 e. The minimum absolute atomic E-state index is 0.869. The summed E-state index contributed by atoms with van der Waals surface area (Å²) in [5.41, 5.74) is 6.47. The highest BCUT2D eigenvalue weighted by molar-refractivity contribution is 7.99. The van der Waals surface area contributed by atoms with Crippen LogP contribution in [0, 0.1) is 13.8 Å². The van der Waals surface area contributed by atoms with Gasteiger partial charge in [-0.05, 0) is 55.8 Å². The van der Waals surface area contributed by atoms with Crippen molar-refractivity contribution in [3.8, 4) is 11.4 Å². The molecule has 0 saturated carbocycles. The molecule has 2 aromatic carbocycles. The number of H-pyrrole nitrogens is 2. The lowest BCUT2D eigenvalue weighted by atomic mass is 10.2. The van der Waals surface area contributed by atoms with Crippen molar-refractivity contribution in [1.29, 1.82) is 0 Å². The van der Waals surface area contributed by atoms with E-state index in [4.69, 9.17) is 4.98 Å². The summed E-state index contributed by atoms with van der Waals surface area (Å²) in [5.74, 6) is 0.869. The molecular weight excluding hydrogens is 352 g/mol. The number of fused-ring (bicyclic) bond motifs is 2. The zero-order chi connectivity index (χ0) is 18.4. The van der Waals surface area contributed by atoms with Crippen LogP contribution < -0.4 is 0 Å². The van der Waals surface area contributed by atoms with Crippen LogP contribution in [0.25, 0.3) is 33.5 Å². The highest BCUT2D eigenvalue weighted by Gasteiger charge is 2.14. The second-order valence-corrected chi connectivity index (χ2v) is 7.87. The summed E-state index contributed by atoms with van der Waals surface area (Å²) >= 11 is 1.75. The molecule has 0 bridgehead atoms. The SMILES string of the molecule is Cc1ccc(Sc2cc(C)cc3[nH]c(-c4ccnc5[nH]ccc45)nc23)cc1. The molecular formula is C22H18N4S. The van der Waals surface area contributed by atoms with Crippen molar-refractivity contribution in [1.82, 2.24) is 19.9 Å². The van der Waals surface area contributed by atoms with E-state index in [1.807, 2.05) is 24.5 Å². The van der Waals surface area contributed by atoms with E-state index in [1.54, 1.807) is 11.8 Å². The van der Waals surface area contributed by atoms with Crippen LogP contribution in [-0.4, -0.2) is 19.9 Å². The molecule has 0 unspecified atom stereocenters. The number of aromatic amines is 2. The fourth-order valence-corrected chi connectivity index (χ4v) is 4.35. The Morgan fingerprint density at radius 2 is 1.78 bits per heavy atom. The fourth-order valence-electron chi connectivity index (χ4n) is 3.33. The Morgan fingerprint density at radius 3 is 2.63 bits per heavy atom. The molecule has 0 atom stereocenters. The maximum absolute atomic E-state index is 4.95. The molecule has 0 aliphatic heterocycles. The molecule has 0 aliphatic carbocycles. The molecule has 0 aliphatic rings. The fraction of sp³-hybridized carbons (Fsp3) is 0.0909. The van der Waals surface area contributed by atoms with Gasteiger partial charge in [-0.25, -0.2) is 9.97 Å². The average Bonchev–Trinajstić information content (AvgIpc) is 3.30. The number of aryl methyl sites for hydroxylation is 2. The molecule has 0 saturated heterocycles. The van der Waals surface area contributed by atoms with Crippen LogP contribution in [0.4, 0.5) is 0 Å². The molecule has 0 amide bonds. The molecule has 27 heavy (non-hydrogen) atoms. The Bertz CT molecular complexity index is 1260. The van der Waals surface area contributed by atoms with Gasteiger partial charge in [0.1, 0.15) is 17.0 Å². The highest BCUT2D eigenvalue weighted by Crippen LogP contribution is 2.35. The first-order chi connectivity index (χ1) is 13.2. The van der Waals surface area contributed by atoms with Crippen molar-refractivity contribution in [2.75, 3.05) is 0 Å². The van der Waals surface area contributed by atoms with Gasteiger partial charge in [-0.1, -0.05) is 29.5 Å². The summed E-state index contributed by atoms with van der Waals surface area (Å²) < 4.78 is 0. The van der Waals surface area contributed by atoms with Crippen molar-refractivity contribution in [3.05, 3.63) is 72.1 Å². The van der Waals surface area contributed by atoms with Gasteiger partial charge in [0, 0.05) is 33.1 Å². The van der Waals surface area contributed by atoms with E-state index in [9.17, 15) is 0 Å². The number of benzene rings is 2. The number of aromatic nitrogens is 4. The van der Waals surface area contributed by atoms with E-state index in [0.717, 1.165) is 38.4 Å². The van der Waals surface area contributed by atoms with E-state index in [1.165, 1.54) is 16.0 Å². The van der Waals surface area contributed by atoms with Crippen LogP contribution >= 0.6 is 11.8 Å². The number of pyridine rings is 1. The number of imidazole rings is 1. The molecule has 0 spiro atoms. The molecule has 3 heterocycles. The average molecular weight is 370 g/mol. The number of nitrogens with one attached hydrogen (secondary N) is 2. The van der Waals surface area contributed by atoms with E-state index in [-0.39, 0.29) is 0 Å². The van der Waals surface area contributed by atoms with Crippen molar-refractivity contribution in [3.63, 3.8) is 0 Å². The van der Waals surface area contributed by atoms with E-state index in [0.29, 0.717) is 0 Å². The van der Waals surface area contributed by atoms with Crippen molar-refractivity contribution in [2.45, 2.75) is 23.6 Å². The van der Waals surface area contributed by atoms with Crippen LogP contribution in [0.2, 0.25) is 0 Å². The summed E-state index contributed by atoms with van der Waals surface area (Å²) in [6, 6.07) is 17.0. The van der Waals surface area contributed by atoms with Gasteiger partial charge in [0.15, 0.2) is 0 Å². The lowest BCUT2D eigenvalue weighted by Gasteiger charge is -2.04. The number of rotatable bonds is 3. The molecule has 5 rings (SSSR count). The van der Waals surface area contributed by atoms with Crippen molar-refractivity contribution < 1.29 is 0 Å². The third-order valence-electron chi connectivity index (χ3n) is 4.66. The predicted octanol–water partition coefficient (Wildman–Crippen LogP) is 5.87. The topological polar surface area (TPSA) is 57.4 Å². The normalized spacial score (nSPS) is 11.5. The molecule has 0 fully saturated rings. The van der Waals surface area contributed by atoms with Crippen LogP contribution in [0.15, 0.2) is 70.7 Å². The smallest absolute Gasteiger partial charge is 0.139 e. The molecule has 4 nitrogen and oxygen atoms in total. The van der Waals surface area contributed by atoms with E-state index in [2.05, 4.69) is 65.2 Å². The molecule has 0 radical (unpaired) electrons. The Labute approximate surface area is 161 Å². The van der Waals surface area contributed by atoms with Crippen molar-refractivity contribution >= 4 is 33.8 Å². The summed E-state index contributed by atoms with van der Waals surface area (Å²) in [5, 5.41) is 1.07. The summed E-state index contributed by atoms with van der Waals surface area (Å²) in [4.78, 5) is 18.4. The Kier molecular flexibility index (Phi) is 3.76. The summed E-state index contributed by atoms with van der Waals surface area (Å²) in [7, 11) is 0. The molecule has 132 valence electrons. The quantitative estimate of drug-likeness (QED) is 0.417. The third kappa shape index (κ3) is 2.90. The van der Waals surface area contributed by atoms with Crippen LogP contribution in [0.3, 0.4) is 0 Å². The highest BCUT2D eigenvalue weighted by atomic mass is 32.2. The van der Waals surface area contributed by atoms with Crippen LogP contribution in [-0.2, 0) is 0 Å². The second kappa shape index (κ2) is 6.28. The standard InChI is InChI=1S/C22H18N4S/c1-13-3-5-15(6-4-13)27-19-12-14(2)11-18-20(19)26-22(25-18)17-8-10-24-21-16(17)7-9-23-21/h3-12H,1-2H3,(H,23,24)(H,25,26). The molecule has 5 heteroatoms. The lowest BCUT2D eigenvalue weighted by Crippen LogP contribution is -1.84. The van der Waals surface area contributed by atoms with Crippen LogP contribution in [0.5, 0.6) is 0 Å². The van der Waals surface area contributed by atoms with Gasteiger partial charge in [0.25, 0.3) is 0 Å². The van der Waals surface area contributed by atoms with E-state index >= 15 is 0 Å². The monoisotopic (exact) mass is 370 g/mol. The maximum atomic E-state index is 4.95. The summed E-state index contributed by atoms with van der Waals surface area (Å²) in [6.07, 6.45) is 3.72. The first-order valence-corrected chi connectivity index (χ1v) is 9.66. The van der Waals surface area contributed by atoms with Gasteiger partial charge in [-0.15, -0.1) is 0 Å². The zero-order valence-electron chi connectivity index (χ0n) is 15.1. The van der Waals surface area contributed by atoms with Gasteiger partial charge >= 0.3 is 0 Å². The molecule has 2 N–H and O–H groups in total. The van der Waals surface area contributed by atoms with E-state index < -0.39 is 0 Å². The van der Waals surface area contributed by atoms with Crippen molar-refractivity contribution in [2.24, 2.45) is 0 Å². The predicted molar refractivity (Wildman–Crippen MR) is 111 cm³/mol. The zero-order valence-corrected chi connectivity index (χ0v) is 15.9. The number of hydrogen-bond acceptors (Lipinski definition) is 3. The Hall–Kier alpha value is -3.05. The number of hydrogen-bond donors (Lipinski definition) is 2. The minimum atomic E-state index is 0.869. The first kappa shape index (κ1) is 16.1.